The van der Waals surface area contributed by atoms with Gasteiger partial charge < -0.3 is 14.5 Å². The number of sulfonamides is 1. The number of carbonyl (C=O) groups excluding carboxylic acids is 2. The molecule has 0 radical (unpaired) electrons. The number of piperazine rings is 1. The molecule has 3 unspecified atom stereocenters. The van der Waals surface area contributed by atoms with Gasteiger partial charge in [-0.2, -0.15) is 0 Å². The highest BCUT2D eigenvalue weighted by Gasteiger charge is 2.48. The fourth-order valence-corrected chi connectivity index (χ4v) is 8.75. The standard InChI is InChI=1S/C24H42N4O5S/c1-16(2)33-24(30)26-15-17(3)28(18(4)29)22-11-8-20(14-23(22)26)19-6-9-21(10-7-19)34(31,32)27-13-5-12-25-27/h16-17,19-23,25H,5-15H2,1-4H3/t17-,19?,20?,21?,22?,23?/m0/s1. The molecule has 4 fully saturated rings. The van der Waals surface area contributed by atoms with Crippen molar-refractivity contribution in [3.8, 4) is 0 Å². The van der Waals surface area contributed by atoms with E-state index in [-0.39, 0.29) is 41.5 Å². The van der Waals surface area contributed by atoms with E-state index in [1.165, 1.54) is 4.41 Å². The molecule has 194 valence electrons. The maximum absolute atomic E-state index is 13.0. The number of nitrogens with zero attached hydrogens (tertiary/aromatic N) is 3. The van der Waals surface area contributed by atoms with Gasteiger partial charge in [0.2, 0.25) is 15.9 Å². The summed E-state index contributed by atoms with van der Waals surface area (Å²) in [6, 6.07) is -0.0506. The predicted molar refractivity (Wildman–Crippen MR) is 129 cm³/mol. The molecule has 34 heavy (non-hydrogen) atoms. The first-order chi connectivity index (χ1) is 16.1. The average molecular weight is 499 g/mol. The fourth-order valence-electron chi connectivity index (χ4n) is 6.87. The third-order valence-electron chi connectivity index (χ3n) is 8.39. The lowest BCUT2D eigenvalue weighted by Crippen LogP contribution is -2.67. The summed E-state index contributed by atoms with van der Waals surface area (Å²) in [5.74, 6) is 0.970. The lowest BCUT2D eigenvalue weighted by molar-refractivity contribution is -0.142. The second-order valence-corrected chi connectivity index (χ2v) is 13.1. The first kappa shape index (κ1) is 25.7. The first-order valence-electron chi connectivity index (χ1n) is 13.1. The minimum absolute atomic E-state index is 0.0233. The number of hydrogen-bond acceptors (Lipinski definition) is 6. The Bertz CT molecular complexity index is 851. The molecule has 4 rings (SSSR count). The maximum atomic E-state index is 13.0. The van der Waals surface area contributed by atoms with Crippen molar-refractivity contribution < 1.29 is 22.7 Å². The molecule has 2 heterocycles. The van der Waals surface area contributed by atoms with E-state index < -0.39 is 10.0 Å². The molecule has 0 spiro atoms. The Labute approximate surface area is 204 Å². The van der Waals surface area contributed by atoms with Crippen molar-refractivity contribution in [1.82, 2.24) is 19.6 Å². The topological polar surface area (TPSA) is 99.3 Å². The minimum Gasteiger partial charge on any atom is -0.447 e. The molecule has 0 aromatic carbocycles. The first-order valence-corrected chi connectivity index (χ1v) is 14.6. The summed E-state index contributed by atoms with van der Waals surface area (Å²) in [4.78, 5) is 29.3. The van der Waals surface area contributed by atoms with Crippen LogP contribution in [0.2, 0.25) is 0 Å². The monoisotopic (exact) mass is 498 g/mol. The highest BCUT2D eigenvalue weighted by molar-refractivity contribution is 7.89. The predicted octanol–water partition coefficient (Wildman–Crippen LogP) is 2.72. The van der Waals surface area contributed by atoms with Gasteiger partial charge in [-0.3, -0.25) is 4.79 Å². The Kier molecular flexibility index (Phi) is 7.79. The van der Waals surface area contributed by atoms with Crippen LogP contribution in [0, 0.1) is 11.8 Å². The number of amides is 2. The summed E-state index contributed by atoms with van der Waals surface area (Å²) in [7, 11) is -3.28. The van der Waals surface area contributed by atoms with Gasteiger partial charge >= 0.3 is 6.09 Å². The summed E-state index contributed by atoms with van der Waals surface area (Å²) < 4.78 is 33.0. The molecule has 2 aliphatic heterocycles. The van der Waals surface area contributed by atoms with Gasteiger partial charge in [-0.25, -0.2) is 18.6 Å². The van der Waals surface area contributed by atoms with E-state index in [1.54, 1.807) is 6.92 Å². The summed E-state index contributed by atoms with van der Waals surface area (Å²) >= 11 is 0. The highest BCUT2D eigenvalue weighted by Crippen LogP contribution is 2.44. The normalized spacial score (nSPS) is 35.3. The number of ether oxygens (including phenoxy) is 1. The van der Waals surface area contributed by atoms with Crippen LogP contribution in [0.5, 0.6) is 0 Å². The molecule has 0 bridgehead atoms. The van der Waals surface area contributed by atoms with Crippen LogP contribution in [-0.2, 0) is 19.6 Å². The Balaban J connectivity index is 1.43. The van der Waals surface area contributed by atoms with Crippen molar-refractivity contribution in [2.45, 2.75) is 109 Å². The quantitative estimate of drug-likeness (QED) is 0.640. The van der Waals surface area contributed by atoms with Crippen molar-refractivity contribution in [2.75, 3.05) is 19.6 Å². The molecule has 2 saturated heterocycles. The van der Waals surface area contributed by atoms with Crippen molar-refractivity contribution in [2.24, 2.45) is 11.8 Å². The Morgan fingerprint density at radius 1 is 1.00 bits per heavy atom. The number of hydrogen-bond donors (Lipinski definition) is 1. The van der Waals surface area contributed by atoms with Crippen LogP contribution in [-0.4, -0.2) is 83.7 Å². The van der Waals surface area contributed by atoms with Gasteiger partial charge in [-0.1, -0.05) is 0 Å². The third kappa shape index (κ3) is 5.09. The largest absolute Gasteiger partial charge is 0.447 e. The van der Waals surface area contributed by atoms with E-state index in [0.717, 1.165) is 45.1 Å². The minimum atomic E-state index is -3.28. The van der Waals surface area contributed by atoms with E-state index in [0.29, 0.717) is 37.8 Å². The molecule has 0 aromatic rings. The second-order valence-electron chi connectivity index (χ2n) is 11.0. The van der Waals surface area contributed by atoms with Gasteiger partial charge in [0.1, 0.15) is 0 Å². The van der Waals surface area contributed by atoms with Crippen LogP contribution in [0.3, 0.4) is 0 Å². The van der Waals surface area contributed by atoms with Crippen molar-refractivity contribution in [3.63, 3.8) is 0 Å². The summed E-state index contributed by atoms with van der Waals surface area (Å²) in [5.41, 5.74) is 3.01. The Morgan fingerprint density at radius 3 is 2.26 bits per heavy atom. The number of rotatable bonds is 4. The Hall–Kier alpha value is -1.39. The molecule has 4 atom stereocenters. The van der Waals surface area contributed by atoms with Gasteiger partial charge in [0, 0.05) is 32.6 Å². The molecule has 2 aliphatic carbocycles. The zero-order valence-corrected chi connectivity index (χ0v) is 21.9. The van der Waals surface area contributed by atoms with E-state index in [2.05, 4.69) is 5.43 Å². The molecule has 9 nitrogen and oxygen atoms in total. The van der Waals surface area contributed by atoms with Crippen LogP contribution in [0.4, 0.5) is 4.79 Å². The summed E-state index contributed by atoms with van der Waals surface area (Å²) in [5, 5.41) is -0.299. The lowest BCUT2D eigenvalue weighted by Gasteiger charge is -2.54. The van der Waals surface area contributed by atoms with Gasteiger partial charge in [0.15, 0.2) is 0 Å². The molecule has 0 aromatic heterocycles. The summed E-state index contributed by atoms with van der Waals surface area (Å²) in [6.45, 7) is 9.14. The second kappa shape index (κ2) is 10.3. The number of carbonyl (C=O) groups is 2. The SMILES string of the molecule is CC(=O)N1C2CCC(C3CCC(S(=O)(=O)N4CCCN4)CC3)CC2N(C(=O)OC(C)C)C[C@@H]1C. The Morgan fingerprint density at radius 2 is 1.68 bits per heavy atom. The molecular weight excluding hydrogens is 456 g/mol. The molecule has 10 heteroatoms. The maximum Gasteiger partial charge on any atom is 0.410 e. The van der Waals surface area contributed by atoms with E-state index in [1.807, 2.05) is 30.6 Å². The van der Waals surface area contributed by atoms with Crippen molar-refractivity contribution in [1.29, 1.82) is 0 Å². The zero-order valence-electron chi connectivity index (χ0n) is 21.1. The number of nitrogens with one attached hydrogen (secondary N) is 1. The molecule has 2 saturated carbocycles. The van der Waals surface area contributed by atoms with Gasteiger partial charge in [-0.05, 0) is 84.0 Å². The van der Waals surface area contributed by atoms with Gasteiger partial charge in [0.25, 0.3) is 0 Å². The van der Waals surface area contributed by atoms with Crippen LogP contribution >= 0.6 is 0 Å². The van der Waals surface area contributed by atoms with Crippen LogP contribution < -0.4 is 5.43 Å². The third-order valence-corrected chi connectivity index (χ3v) is 10.6. The van der Waals surface area contributed by atoms with Crippen molar-refractivity contribution >= 4 is 22.0 Å². The highest BCUT2D eigenvalue weighted by atomic mass is 32.2. The fraction of sp³-hybridized carbons (Fsp3) is 0.917. The van der Waals surface area contributed by atoms with E-state index in [4.69, 9.17) is 4.74 Å². The molecular formula is C24H42N4O5S. The smallest absolute Gasteiger partial charge is 0.410 e. The lowest BCUT2D eigenvalue weighted by atomic mass is 9.69. The van der Waals surface area contributed by atoms with Crippen LogP contribution in [0.15, 0.2) is 0 Å². The van der Waals surface area contributed by atoms with Crippen LogP contribution in [0.25, 0.3) is 0 Å². The molecule has 2 amide bonds. The number of hydrazine groups is 1. The molecule has 1 N–H and O–H groups in total. The summed E-state index contributed by atoms with van der Waals surface area (Å²) in [6.07, 6.45) is 6.35. The van der Waals surface area contributed by atoms with Gasteiger partial charge in [-0.15, -0.1) is 4.41 Å². The van der Waals surface area contributed by atoms with Crippen LogP contribution in [0.1, 0.15) is 79.1 Å². The van der Waals surface area contributed by atoms with Gasteiger partial charge in [0.05, 0.1) is 23.4 Å². The number of fused-ring (bicyclic) bond motifs is 1. The zero-order chi connectivity index (χ0) is 24.6. The van der Waals surface area contributed by atoms with E-state index in [9.17, 15) is 18.0 Å². The van der Waals surface area contributed by atoms with Crippen molar-refractivity contribution in [3.05, 3.63) is 0 Å². The van der Waals surface area contributed by atoms with E-state index >= 15 is 0 Å². The average Bonchev–Trinajstić information content (AvgIpc) is 3.33. The molecule has 4 aliphatic rings.